The number of rotatable bonds is 7. The Bertz CT molecular complexity index is 148. The van der Waals surface area contributed by atoms with Gasteiger partial charge in [-0.1, -0.05) is 33.6 Å². The standard InChI is InChI=1S/C10H23NOS/c1-4-5-6-7-13(12)8-10(11)9(2)3/h9-10H,4-8,11H2,1-3H3. The molecule has 0 saturated heterocycles. The van der Waals surface area contributed by atoms with E-state index in [2.05, 4.69) is 20.8 Å². The van der Waals surface area contributed by atoms with Crippen LogP contribution in [-0.2, 0) is 10.8 Å². The molecule has 0 aliphatic heterocycles. The van der Waals surface area contributed by atoms with Gasteiger partial charge in [0.05, 0.1) is 0 Å². The number of nitrogens with two attached hydrogens (primary N) is 1. The monoisotopic (exact) mass is 205 g/mol. The molecule has 0 radical (unpaired) electrons. The van der Waals surface area contributed by atoms with Crippen molar-refractivity contribution in [1.82, 2.24) is 0 Å². The molecule has 0 aromatic carbocycles. The fourth-order valence-corrected chi connectivity index (χ4v) is 2.51. The van der Waals surface area contributed by atoms with E-state index in [1.807, 2.05) is 0 Å². The second-order valence-corrected chi connectivity index (χ2v) is 5.55. The lowest BCUT2D eigenvalue weighted by atomic mass is 10.1. The molecule has 2 nitrogen and oxygen atoms in total. The van der Waals surface area contributed by atoms with Gasteiger partial charge in [-0.15, -0.1) is 0 Å². The highest BCUT2D eigenvalue weighted by Crippen LogP contribution is 2.02. The molecule has 2 atom stereocenters. The SMILES string of the molecule is CCCCCS(=O)CC(N)C(C)C. The quantitative estimate of drug-likeness (QED) is 0.645. The van der Waals surface area contributed by atoms with Crippen LogP contribution >= 0.6 is 0 Å². The molecule has 0 rings (SSSR count). The van der Waals surface area contributed by atoms with Crippen molar-refractivity contribution in [2.75, 3.05) is 11.5 Å². The summed E-state index contributed by atoms with van der Waals surface area (Å²) in [4.78, 5) is 0. The first-order valence-corrected chi connectivity index (χ1v) is 6.67. The van der Waals surface area contributed by atoms with Crippen LogP contribution in [0, 0.1) is 5.92 Å². The van der Waals surface area contributed by atoms with E-state index in [1.54, 1.807) is 0 Å². The largest absolute Gasteiger partial charge is 0.327 e. The van der Waals surface area contributed by atoms with Gasteiger partial charge in [-0.05, 0) is 12.3 Å². The van der Waals surface area contributed by atoms with Crippen molar-refractivity contribution >= 4 is 10.8 Å². The molecule has 0 saturated carbocycles. The van der Waals surface area contributed by atoms with Gasteiger partial charge < -0.3 is 5.73 Å². The van der Waals surface area contributed by atoms with Crippen molar-refractivity contribution in [1.29, 1.82) is 0 Å². The summed E-state index contributed by atoms with van der Waals surface area (Å²) in [6, 6.07) is 0.0995. The predicted molar refractivity (Wildman–Crippen MR) is 60.2 cm³/mol. The van der Waals surface area contributed by atoms with Crippen molar-refractivity contribution in [3.05, 3.63) is 0 Å². The average molecular weight is 205 g/mol. The first kappa shape index (κ1) is 13.1. The molecule has 0 heterocycles. The number of unbranched alkanes of at least 4 members (excludes halogenated alkanes) is 2. The zero-order valence-electron chi connectivity index (χ0n) is 9.08. The molecule has 0 aromatic heterocycles. The van der Waals surface area contributed by atoms with Crippen LogP contribution in [0.2, 0.25) is 0 Å². The van der Waals surface area contributed by atoms with Crippen LogP contribution in [0.4, 0.5) is 0 Å². The van der Waals surface area contributed by atoms with Crippen LogP contribution in [-0.4, -0.2) is 21.8 Å². The summed E-state index contributed by atoms with van der Waals surface area (Å²) in [5.41, 5.74) is 5.83. The molecule has 80 valence electrons. The molecule has 0 aliphatic rings. The van der Waals surface area contributed by atoms with Crippen LogP contribution < -0.4 is 5.73 Å². The normalized spacial score (nSPS) is 16.1. The van der Waals surface area contributed by atoms with Crippen LogP contribution in [0.5, 0.6) is 0 Å². The summed E-state index contributed by atoms with van der Waals surface area (Å²) in [6.45, 7) is 6.31. The Labute approximate surface area is 84.7 Å². The highest BCUT2D eigenvalue weighted by Gasteiger charge is 2.11. The summed E-state index contributed by atoms with van der Waals surface area (Å²) < 4.78 is 11.5. The van der Waals surface area contributed by atoms with Crippen molar-refractivity contribution in [2.45, 2.75) is 46.1 Å². The van der Waals surface area contributed by atoms with E-state index in [0.717, 1.165) is 12.2 Å². The molecule has 0 aromatic rings. The predicted octanol–water partition coefficient (Wildman–Crippen LogP) is 1.91. The van der Waals surface area contributed by atoms with Crippen molar-refractivity contribution in [3.63, 3.8) is 0 Å². The lowest BCUT2D eigenvalue weighted by Crippen LogP contribution is -2.33. The summed E-state index contributed by atoms with van der Waals surface area (Å²) >= 11 is 0. The van der Waals surface area contributed by atoms with Crippen LogP contribution in [0.3, 0.4) is 0 Å². The van der Waals surface area contributed by atoms with Gasteiger partial charge in [-0.3, -0.25) is 4.21 Å². The van der Waals surface area contributed by atoms with Crippen LogP contribution in [0.25, 0.3) is 0 Å². The van der Waals surface area contributed by atoms with Gasteiger partial charge in [0.1, 0.15) is 0 Å². The van der Waals surface area contributed by atoms with E-state index in [4.69, 9.17) is 5.73 Å². The summed E-state index contributed by atoms with van der Waals surface area (Å²) in [7, 11) is -0.697. The molecule has 0 spiro atoms. The first-order valence-electron chi connectivity index (χ1n) is 5.18. The molecular formula is C10H23NOS. The molecule has 3 heteroatoms. The van der Waals surface area contributed by atoms with E-state index >= 15 is 0 Å². The maximum atomic E-state index is 11.5. The maximum absolute atomic E-state index is 11.5. The molecule has 0 fully saturated rings. The van der Waals surface area contributed by atoms with E-state index < -0.39 is 10.8 Å². The molecule has 0 bridgehead atoms. The van der Waals surface area contributed by atoms with Gasteiger partial charge in [0, 0.05) is 28.3 Å². The van der Waals surface area contributed by atoms with Crippen LogP contribution in [0.1, 0.15) is 40.0 Å². The van der Waals surface area contributed by atoms with Gasteiger partial charge in [0.25, 0.3) is 0 Å². The zero-order valence-corrected chi connectivity index (χ0v) is 9.90. The van der Waals surface area contributed by atoms with Gasteiger partial charge in [0.15, 0.2) is 0 Å². The molecule has 0 amide bonds. The minimum Gasteiger partial charge on any atom is -0.327 e. The van der Waals surface area contributed by atoms with Crippen molar-refractivity contribution < 1.29 is 4.21 Å². The Hall–Kier alpha value is 0.110. The van der Waals surface area contributed by atoms with Gasteiger partial charge >= 0.3 is 0 Å². The molecular weight excluding hydrogens is 182 g/mol. The fraction of sp³-hybridized carbons (Fsp3) is 1.00. The van der Waals surface area contributed by atoms with E-state index in [0.29, 0.717) is 11.7 Å². The smallest absolute Gasteiger partial charge is 0.0389 e. The van der Waals surface area contributed by atoms with Gasteiger partial charge in [-0.2, -0.15) is 0 Å². The number of hydrogen-bond donors (Lipinski definition) is 1. The van der Waals surface area contributed by atoms with E-state index in [-0.39, 0.29) is 6.04 Å². The Balaban J connectivity index is 3.50. The lowest BCUT2D eigenvalue weighted by Gasteiger charge is -2.14. The van der Waals surface area contributed by atoms with Crippen molar-refractivity contribution in [3.8, 4) is 0 Å². The minimum atomic E-state index is -0.697. The van der Waals surface area contributed by atoms with Crippen LogP contribution in [0.15, 0.2) is 0 Å². The van der Waals surface area contributed by atoms with Gasteiger partial charge in [-0.25, -0.2) is 0 Å². The molecule has 0 aliphatic carbocycles. The Morgan fingerprint density at radius 1 is 1.31 bits per heavy atom. The van der Waals surface area contributed by atoms with Crippen molar-refractivity contribution in [2.24, 2.45) is 11.7 Å². The second kappa shape index (κ2) is 7.51. The van der Waals surface area contributed by atoms with E-state index in [1.165, 1.54) is 12.8 Å². The molecule has 2 N–H and O–H groups in total. The topological polar surface area (TPSA) is 43.1 Å². The van der Waals surface area contributed by atoms with Gasteiger partial charge in [0.2, 0.25) is 0 Å². The summed E-state index contributed by atoms with van der Waals surface area (Å²) in [5.74, 6) is 1.94. The highest BCUT2D eigenvalue weighted by atomic mass is 32.2. The molecule has 2 unspecified atom stereocenters. The van der Waals surface area contributed by atoms with E-state index in [9.17, 15) is 4.21 Å². The Kier molecular flexibility index (Phi) is 7.57. The average Bonchev–Trinajstić information content (AvgIpc) is 2.04. The lowest BCUT2D eigenvalue weighted by molar-refractivity contribution is 0.529. The summed E-state index contributed by atoms with van der Waals surface area (Å²) in [5, 5.41) is 0. The maximum Gasteiger partial charge on any atom is 0.0389 e. The third kappa shape index (κ3) is 7.20. The summed E-state index contributed by atoms with van der Waals surface area (Å²) in [6.07, 6.45) is 3.45. The molecule has 13 heavy (non-hydrogen) atoms. The fourth-order valence-electron chi connectivity index (χ4n) is 1.00. The minimum absolute atomic E-state index is 0.0995. The first-order chi connectivity index (χ1) is 6.07. The number of hydrogen-bond acceptors (Lipinski definition) is 2. The highest BCUT2D eigenvalue weighted by molar-refractivity contribution is 7.85. The zero-order chi connectivity index (χ0) is 10.3. The Morgan fingerprint density at radius 3 is 2.38 bits per heavy atom. The third-order valence-electron chi connectivity index (χ3n) is 2.21. The Morgan fingerprint density at radius 2 is 1.92 bits per heavy atom. The second-order valence-electron chi connectivity index (χ2n) is 3.93. The third-order valence-corrected chi connectivity index (χ3v) is 3.71.